The van der Waals surface area contributed by atoms with Crippen LogP contribution in [0.5, 0.6) is 0 Å². The molecule has 8 heteroatoms. The lowest BCUT2D eigenvalue weighted by molar-refractivity contribution is -0.115. The molecule has 8 nitrogen and oxygen atoms in total. The minimum atomic E-state index is -0.232. The number of nitrogens with zero attached hydrogens (tertiary/aromatic N) is 3. The average Bonchev–Trinajstić information content (AvgIpc) is 2.85. The van der Waals surface area contributed by atoms with Crippen molar-refractivity contribution in [3.8, 4) is 11.3 Å². The van der Waals surface area contributed by atoms with E-state index in [9.17, 15) is 9.59 Å². The monoisotopic (exact) mass is 452 g/mol. The molecule has 0 saturated heterocycles. The lowest BCUT2D eigenvalue weighted by Gasteiger charge is -2.14. The zero-order valence-corrected chi connectivity index (χ0v) is 18.9. The van der Waals surface area contributed by atoms with Crippen LogP contribution >= 0.6 is 0 Å². The van der Waals surface area contributed by atoms with Gasteiger partial charge in [0.2, 0.25) is 0 Å². The second-order valence-electron chi connectivity index (χ2n) is 7.74. The van der Waals surface area contributed by atoms with Gasteiger partial charge >= 0.3 is 0 Å². The Morgan fingerprint density at radius 3 is 2.44 bits per heavy atom. The van der Waals surface area contributed by atoms with Gasteiger partial charge in [0.05, 0.1) is 12.2 Å². The number of nitrogens with one attached hydrogen (secondary N) is 3. The molecule has 2 heterocycles. The van der Waals surface area contributed by atoms with E-state index in [-0.39, 0.29) is 18.2 Å². The van der Waals surface area contributed by atoms with Crippen LogP contribution in [0.15, 0.2) is 79.4 Å². The van der Waals surface area contributed by atoms with Crippen molar-refractivity contribution in [2.45, 2.75) is 13.8 Å². The smallest absolute Gasteiger partial charge is 0.255 e. The number of benzene rings is 2. The summed E-state index contributed by atoms with van der Waals surface area (Å²) in [6.07, 6.45) is 4.88. The highest BCUT2D eigenvalue weighted by molar-refractivity contribution is 6.05. The molecule has 4 rings (SSSR count). The van der Waals surface area contributed by atoms with Crippen LogP contribution in [-0.2, 0) is 4.79 Å². The third-order valence-electron chi connectivity index (χ3n) is 5.10. The van der Waals surface area contributed by atoms with E-state index in [1.807, 2.05) is 43.3 Å². The highest BCUT2D eigenvalue weighted by Gasteiger charge is 2.12. The molecule has 34 heavy (non-hydrogen) atoms. The molecular formula is C26H24N6O2. The van der Waals surface area contributed by atoms with E-state index in [0.29, 0.717) is 17.1 Å². The van der Waals surface area contributed by atoms with Crippen LogP contribution in [0.3, 0.4) is 0 Å². The Bertz CT molecular complexity index is 1310. The fourth-order valence-corrected chi connectivity index (χ4v) is 3.29. The van der Waals surface area contributed by atoms with E-state index in [0.717, 1.165) is 28.2 Å². The van der Waals surface area contributed by atoms with Crippen LogP contribution in [0.2, 0.25) is 0 Å². The maximum absolute atomic E-state index is 12.9. The third-order valence-corrected chi connectivity index (χ3v) is 5.10. The second-order valence-corrected chi connectivity index (χ2v) is 7.74. The molecule has 2 aromatic heterocycles. The van der Waals surface area contributed by atoms with Crippen molar-refractivity contribution in [1.82, 2.24) is 15.0 Å². The highest BCUT2D eigenvalue weighted by atomic mass is 16.1. The molecule has 0 aliphatic heterocycles. The van der Waals surface area contributed by atoms with Crippen molar-refractivity contribution < 1.29 is 9.59 Å². The minimum absolute atomic E-state index is 0.0519. The zero-order valence-electron chi connectivity index (χ0n) is 18.9. The molecule has 4 aromatic rings. The molecule has 170 valence electrons. The van der Waals surface area contributed by atoms with E-state index in [2.05, 4.69) is 30.9 Å². The van der Waals surface area contributed by atoms with Gasteiger partial charge in [0, 0.05) is 40.6 Å². The molecule has 2 aromatic carbocycles. The van der Waals surface area contributed by atoms with Crippen LogP contribution in [0.1, 0.15) is 22.8 Å². The molecule has 0 saturated carbocycles. The highest BCUT2D eigenvalue weighted by Crippen LogP contribution is 2.28. The van der Waals surface area contributed by atoms with Crippen molar-refractivity contribution >= 4 is 34.6 Å². The van der Waals surface area contributed by atoms with Gasteiger partial charge in [-0.1, -0.05) is 6.07 Å². The molecule has 1 amide bonds. The molecule has 0 unspecified atom stereocenters. The Morgan fingerprint density at radius 2 is 1.71 bits per heavy atom. The summed E-state index contributed by atoms with van der Waals surface area (Å²) in [4.78, 5) is 36.8. The fraction of sp³-hybridized carbons (Fsp3) is 0.115. The first-order valence-electron chi connectivity index (χ1n) is 10.7. The lowest BCUT2D eigenvalue weighted by Crippen LogP contribution is -2.13. The van der Waals surface area contributed by atoms with Crippen LogP contribution in [0.25, 0.3) is 11.3 Å². The van der Waals surface area contributed by atoms with Crippen LogP contribution < -0.4 is 16.0 Å². The number of rotatable bonds is 8. The largest absolute Gasteiger partial charge is 0.378 e. The van der Waals surface area contributed by atoms with E-state index in [1.54, 1.807) is 36.7 Å². The molecule has 0 radical (unpaired) electrons. The molecule has 0 aliphatic carbocycles. The number of aromatic nitrogens is 3. The van der Waals surface area contributed by atoms with Gasteiger partial charge in [0.1, 0.15) is 17.9 Å². The molecule has 0 bridgehead atoms. The van der Waals surface area contributed by atoms with Crippen molar-refractivity contribution in [3.63, 3.8) is 0 Å². The van der Waals surface area contributed by atoms with Gasteiger partial charge in [-0.2, -0.15) is 0 Å². The van der Waals surface area contributed by atoms with Crippen LogP contribution in [0, 0.1) is 6.92 Å². The van der Waals surface area contributed by atoms with Gasteiger partial charge in [-0.3, -0.25) is 9.59 Å². The number of pyridine rings is 1. The van der Waals surface area contributed by atoms with E-state index < -0.39 is 0 Å². The van der Waals surface area contributed by atoms with E-state index in [1.165, 1.54) is 13.3 Å². The Kier molecular flexibility index (Phi) is 6.88. The number of ketones is 1. The summed E-state index contributed by atoms with van der Waals surface area (Å²) in [6, 6.07) is 18.3. The van der Waals surface area contributed by atoms with E-state index >= 15 is 0 Å². The number of anilines is 4. The van der Waals surface area contributed by atoms with Crippen LogP contribution in [0.4, 0.5) is 22.9 Å². The third kappa shape index (κ3) is 5.60. The predicted octanol–water partition coefficient (Wildman–Crippen LogP) is 4.84. The molecule has 3 N–H and O–H groups in total. The fourth-order valence-electron chi connectivity index (χ4n) is 3.29. The number of carbonyl (C=O) groups is 2. The molecule has 0 fully saturated rings. The van der Waals surface area contributed by atoms with Crippen molar-refractivity contribution in [1.29, 1.82) is 0 Å². The van der Waals surface area contributed by atoms with Crippen LogP contribution in [-0.4, -0.2) is 33.2 Å². The maximum atomic E-state index is 12.9. The quantitative estimate of drug-likeness (QED) is 0.351. The molecule has 0 aliphatic rings. The predicted molar refractivity (Wildman–Crippen MR) is 133 cm³/mol. The number of hydrogen-bond acceptors (Lipinski definition) is 7. The lowest BCUT2D eigenvalue weighted by atomic mass is 10.1. The summed E-state index contributed by atoms with van der Waals surface area (Å²) in [5.41, 5.74) is 5.29. The van der Waals surface area contributed by atoms with Crippen molar-refractivity contribution in [2.75, 3.05) is 22.5 Å². The first-order valence-corrected chi connectivity index (χ1v) is 10.7. The Morgan fingerprint density at radius 1 is 0.912 bits per heavy atom. The number of amides is 1. The average molecular weight is 453 g/mol. The number of Topliss-reactive ketones (excluding diaryl/α,β-unsaturated/α-hetero) is 1. The first-order chi connectivity index (χ1) is 16.5. The number of hydrogen-bond donors (Lipinski definition) is 3. The topological polar surface area (TPSA) is 109 Å². The van der Waals surface area contributed by atoms with E-state index in [4.69, 9.17) is 0 Å². The maximum Gasteiger partial charge on any atom is 0.255 e. The summed E-state index contributed by atoms with van der Waals surface area (Å²) >= 11 is 0. The molecule has 0 atom stereocenters. The number of aryl methyl sites for hydroxylation is 1. The SMILES string of the molecule is CC(=O)CNc1ccc(NC(=O)c2ccc(C)c(Nc3ncccc3-c3ccncn3)c2)cc1. The first kappa shape index (κ1) is 22.6. The number of carbonyl (C=O) groups excluding carboxylic acids is 2. The summed E-state index contributed by atoms with van der Waals surface area (Å²) in [5, 5.41) is 9.27. The van der Waals surface area contributed by atoms with Gasteiger partial charge in [0.15, 0.2) is 0 Å². The standard InChI is InChI=1S/C26H24N6O2/c1-17-5-6-19(26(34)31-21-9-7-20(8-10-21)29-15-18(2)33)14-24(17)32-25-22(4-3-12-28-25)23-11-13-27-16-30-23/h3-14,16,29H,15H2,1-2H3,(H,28,32)(H,31,34). The van der Waals surface area contributed by atoms with Gasteiger partial charge in [-0.15, -0.1) is 0 Å². The summed E-state index contributed by atoms with van der Waals surface area (Å²) < 4.78 is 0. The molecule has 0 spiro atoms. The summed E-state index contributed by atoms with van der Waals surface area (Å²) in [5.74, 6) is 0.455. The summed E-state index contributed by atoms with van der Waals surface area (Å²) in [6.45, 7) is 3.75. The molecular weight excluding hydrogens is 428 g/mol. The van der Waals surface area contributed by atoms with Gasteiger partial charge in [-0.25, -0.2) is 15.0 Å². The Labute approximate surface area is 197 Å². The second kappa shape index (κ2) is 10.4. The Balaban J connectivity index is 1.51. The normalized spacial score (nSPS) is 10.4. The van der Waals surface area contributed by atoms with Gasteiger partial charge in [-0.05, 0) is 74.0 Å². The van der Waals surface area contributed by atoms with Crippen molar-refractivity contribution in [3.05, 3.63) is 90.5 Å². The minimum Gasteiger partial charge on any atom is -0.378 e. The van der Waals surface area contributed by atoms with Crippen molar-refractivity contribution in [2.24, 2.45) is 0 Å². The van der Waals surface area contributed by atoms with Gasteiger partial charge < -0.3 is 16.0 Å². The zero-order chi connectivity index (χ0) is 23.9. The summed E-state index contributed by atoms with van der Waals surface area (Å²) in [7, 11) is 0. The Hall–Kier alpha value is -4.59. The van der Waals surface area contributed by atoms with Gasteiger partial charge in [0.25, 0.3) is 5.91 Å².